The second-order valence-corrected chi connectivity index (χ2v) is 6.25. The van der Waals surface area contributed by atoms with E-state index in [1.54, 1.807) is 6.07 Å². The Kier molecular flexibility index (Phi) is 4.97. The molecule has 0 bridgehead atoms. The number of aromatic nitrogens is 1. The molecule has 6 heteroatoms. The van der Waals surface area contributed by atoms with Crippen LogP contribution >= 0.6 is 0 Å². The number of ether oxygens (including phenoxy) is 1. The summed E-state index contributed by atoms with van der Waals surface area (Å²) in [4.78, 5) is 38.6. The number of hydrogen-bond donors (Lipinski definition) is 2. The van der Waals surface area contributed by atoms with Crippen molar-refractivity contribution in [2.75, 3.05) is 6.61 Å². The van der Waals surface area contributed by atoms with E-state index in [1.165, 1.54) is 6.07 Å². The zero-order valence-electron chi connectivity index (χ0n) is 14.0. The Hall–Kier alpha value is -2.89. The summed E-state index contributed by atoms with van der Waals surface area (Å²) < 4.78 is 4.95. The zero-order valence-corrected chi connectivity index (χ0v) is 14.0. The van der Waals surface area contributed by atoms with Gasteiger partial charge < -0.3 is 15.0 Å². The number of H-pyrrole nitrogens is 1. The van der Waals surface area contributed by atoms with Crippen molar-refractivity contribution in [2.24, 2.45) is 5.92 Å². The molecule has 0 unspecified atom stereocenters. The molecule has 0 saturated heterocycles. The summed E-state index contributed by atoms with van der Waals surface area (Å²) in [6.45, 7) is 1.54. The largest absolute Gasteiger partial charge is 0.452 e. The smallest absolute Gasteiger partial charge is 0.344 e. The molecule has 2 N–H and O–H groups in total. The van der Waals surface area contributed by atoms with Crippen LogP contribution in [0.3, 0.4) is 0 Å². The van der Waals surface area contributed by atoms with Gasteiger partial charge >= 0.3 is 5.97 Å². The molecule has 1 aliphatic carbocycles. The van der Waals surface area contributed by atoms with Crippen LogP contribution in [0.25, 0.3) is 11.3 Å². The molecule has 2 aromatic rings. The van der Waals surface area contributed by atoms with Crippen LogP contribution in [-0.4, -0.2) is 29.5 Å². The lowest BCUT2D eigenvalue weighted by Crippen LogP contribution is -2.37. The quantitative estimate of drug-likeness (QED) is 0.789. The Labute approximate surface area is 145 Å². The molecule has 0 aliphatic heterocycles. The van der Waals surface area contributed by atoms with Crippen LogP contribution in [0.1, 0.15) is 30.1 Å². The van der Waals surface area contributed by atoms with E-state index in [2.05, 4.69) is 10.3 Å². The molecule has 25 heavy (non-hydrogen) atoms. The van der Waals surface area contributed by atoms with E-state index < -0.39 is 18.1 Å². The molecule has 1 amide bonds. The molecule has 1 heterocycles. The number of pyridine rings is 1. The lowest BCUT2D eigenvalue weighted by Gasteiger charge is -2.12. The lowest BCUT2D eigenvalue weighted by molar-refractivity contribution is -0.125. The fraction of sp³-hybridized carbons (Fsp3) is 0.316. The number of carbonyl (C=O) groups is 2. The maximum absolute atomic E-state index is 12.1. The van der Waals surface area contributed by atoms with Crippen molar-refractivity contribution in [1.82, 2.24) is 10.3 Å². The second kappa shape index (κ2) is 7.34. The van der Waals surface area contributed by atoms with Gasteiger partial charge in [-0.25, -0.2) is 4.79 Å². The Morgan fingerprint density at radius 2 is 1.92 bits per heavy atom. The van der Waals surface area contributed by atoms with Gasteiger partial charge in [0.15, 0.2) is 6.61 Å². The Morgan fingerprint density at radius 1 is 1.20 bits per heavy atom. The average Bonchev–Trinajstić information content (AvgIpc) is 3.45. The first-order valence-electron chi connectivity index (χ1n) is 8.30. The summed E-state index contributed by atoms with van der Waals surface area (Å²) in [5.41, 5.74) is 0.784. The molecule has 1 aromatic carbocycles. The van der Waals surface area contributed by atoms with Gasteiger partial charge in [-0.15, -0.1) is 0 Å². The number of esters is 1. The van der Waals surface area contributed by atoms with Gasteiger partial charge in [0, 0.05) is 11.7 Å². The van der Waals surface area contributed by atoms with Crippen molar-refractivity contribution >= 4 is 11.9 Å². The maximum atomic E-state index is 12.1. The molecule has 1 saturated carbocycles. The summed E-state index contributed by atoms with van der Waals surface area (Å²) in [5.74, 6) is -0.645. The normalized spacial score (nSPS) is 14.6. The van der Waals surface area contributed by atoms with Gasteiger partial charge in [-0.2, -0.15) is 0 Å². The minimum absolute atomic E-state index is 0.0831. The summed E-state index contributed by atoms with van der Waals surface area (Å²) in [6.07, 6.45) is 2.23. The highest BCUT2D eigenvalue weighted by Gasteiger charge is 2.29. The third-order valence-electron chi connectivity index (χ3n) is 4.27. The molecule has 0 radical (unpaired) electrons. The fourth-order valence-electron chi connectivity index (χ4n) is 2.64. The highest BCUT2D eigenvalue weighted by atomic mass is 16.5. The van der Waals surface area contributed by atoms with Crippen LogP contribution < -0.4 is 10.9 Å². The first kappa shape index (κ1) is 17.0. The van der Waals surface area contributed by atoms with Gasteiger partial charge in [0.1, 0.15) is 5.56 Å². The average molecular weight is 340 g/mol. The van der Waals surface area contributed by atoms with Gasteiger partial charge in [-0.05, 0) is 43.4 Å². The highest BCUT2D eigenvalue weighted by molar-refractivity contribution is 5.91. The van der Waals surface area contributed by atoms with Crippen molar-refractivity contribution in [1.29, 1.82) is 0 Å². The van der Waals surface area contributed by atoms with Crippen LogP contribution in [0.2, 0.25) is 0 Å². The van der Waals surface area contributed by atoms with Crippen LogP contribution in [0.4, 0.5) is 0 Å². The first-order chi connectivity index (χ1) is 12.0. The molecule has 130 valence electrons. The van der Waals surface area contributed by atoms with Gasteiger partial charge in [-0.1, -0.05) is 30.3 Å². The molecular weight excluding hydrogens is 320 g/mol. The van der Waals surface area contributed by atoms with E-state index in [9.17, 15) is 14.4 Å². The molecule has 3 rings (SSSR count). The van der Waals surface area contributed by atoms with Crippen molar-refractivity contribution < 1.29 is 14.3 Å². The number of benzene rings is 1. The molecule has 1 fully saturated rings. The SMILES string of the molecule is C[C@H](NC(=O)COC(=O)c1ccc(-c2ccccc2)[nH]c1=O)C1CC1. The van der Waals surface area contributed by atoms with Gasteiger partial charge in [0.2, 0.25) is 0 Å². The molecular formula is C19H20N2O4. The Morgan fingerprint density at radius 3 is 2.56 bits per heavy atom. The van der Waals surface area contributed by atoms with E-state index in [0.29, 0.717) is 11.6 Å². The van der Waals surface area contributed by atoms with E-state index in [-0.39, 0.29) is 17.5 Å². The third-order valence-corrected chi connectivity index (χ3v) is 4.27. The molecule has 1 aromatic heterocycles. The van der Waals surface area contributed by atoms with E-state index in [4.69, 9.17) is 4.74 Å². The Bertz CT molecular complexity index is 825. The van der Waals surface area contributed by atoms with Crippen molar-refractivity contribution in [2.45, 2.75) is 25.8 Å². The predicted molar refractivity (Wildman–Crippen MR) is 93.1 cm³/mol. The van der Waals surface area contributed by atoms with Crippen molar-refractivity contribution in [3.63, 3.8) is 0 Å². The van der Waals surface area contributed by atoms with Crippen LogP contribution in [0.5, 0.6) is 0 Å². The molecule has 1 aliphatic rings. The van der Waals surface area contributed by atoms with E-state index in [1.807, 2.05) is 37.3 Å². The maximum Gasteiger partial charge on any atom is 0.344 e. The van der Waals surface area contributed by atoms with Crippen molar-refractivity contribution in [3.05, 3.63) is 58.4 Å². The monoisotopic (exact) mass is 340 g/mol. The van der Waals surface area contributed by atoms with Gasteiger partial charge in [-0.3, -0.25) is 9.59 Å². The van der Waals surface area contributed by atoms with Crippen LogP contribution in [0, 0.1) is 5.92 Å². The number of hydrogen-bond acceptors (Lipinski definition) is 4. The number of nitrogens with one attached hydrogen (secondary N) is 2. The van der Waals surface area contributed by atoms with Crippen molar-refractivity contribution in [3.8, 4) is 11.3 Å². The van der Waals surface area contributed by atoms with Crippen LogP contribution in [0.15, 0.2) is 47.3 Å². The first-order valence-corrected chi connectivity index (χ1v) is 8.30. The summed E-state index contributed by atoms with van der Waals surface area (Å²) in [7, 11) is 0. The zero-order chi connectivity index (χ0) is 17.8. The summed E-state index contributed by atoms with van der Waals surface area (Å²) >= 11 is 0. The Balaban J connectivity index is 1.60. The molecule has 1 atom stereocenters. The summed E-state index contributed by atoms with van der Waals surface area (Å²) in [6, 6.07) is 12.4. The minimum Gasteiger partial charge on any atom is -0.452 e. The van der Waals surface area contributed by atoms with Gasteiger partial charge in [0.05, 0.1) is 0 Å². The number of aromatic amines is 1. The highest BCUT2D eigenvalue weighted by Crippen LogP contribution is 2.32. The standard InChI is InChI=1S/C19H20N2O4/c1-12(13-7-8-13)20-17(22)11-25-19(24)15-9-10-16(21-18(15)23)14-5-3-2-4-6-14/h2-6,9-10,12-13H,7-8,11H2,1H3,(H,20,22)(H,21,23)/t12-/m0/s1. The predicted octanol–water partition coefficient (Wildman–Crippen LogP) is 2.11. The number of carbonyl (C=O) groups excluding carboxylic acids is 2. The number of amides is 1. The second-order valence-electron chi connectivity index (χ2n) is 6.25. The lowest BCUT2D eigenvalue weighted by atomic mass is 10.1. The van der Waals surface area contributed by atoms with E-state index >= 15 is 0 Å². The summed E-state index contributed by atoms with van der Waals surface area (Å²) in [5, 5.41) is 2.79. The van der Waals surface area contributed by atoms with E-state index in [0.717, 1.165) is 18.4 Å². The number of rotatable bonds is 6. The van der Waals surface area contributed by atoms with Gasteiger partial charge in [0.25, 0.3) is 11.5 Å². The molecule has 0 spiro atoms. The topological polar surface area (TPSA) is 88.3 Å². The minimum atomic E-state index is -0.810. The molecule has 6 nitrogen and oxygen atoms in total. The van der Waals surface area contributed by atoms with Crippen LogP contribution in [-0.2, 0) is 9.53 Å². The third kappa shape index (κ3) is 4.35. The fourth-order valence-corrected chi connectivity index (χ4v) is 2.64.